The molecule has 0 aliphatic rings. The highest BCUT2D eigenvalue weighted by Crippen LogP contribution is 2.10. The van der Waals surface area contributed by atoms with Gasteiger partial charge in [-0.25, -0.2) is 4.79 Å². The second kappa shape index (κ2) is 8.45. The van der Waals surface area contributed by atoms with Gasteiger partial charge >= 0.3 is 5.69 Å². The smallest absolute Gasteiger partial charge is 0.330 e. The van der Waals surface area contributed by atoms with E-state index in [4.69, 9.17) is 19.9 Å². The van der Waals surface area contributed by atoms with Crippen LogP contribution in [0.1, 0.15) is 0 Å². The van der Waals surface area contributed by atoms with E-state index in [0.717, 1.165) is 0 Å². The Morgan fingerprint density at radius 3 is 2.57 bits per heavy atom. The van der Waals surface area contributed by atoms with Crippen molar-refractivity contribution in [2.24, 2.45) is 0 Å². The Bertz CT molecular complexity index is 554. The maximum absolute atomic E-state index is 11.8. The Balaban J connectivity index is 2.96. The summed E-state index contributed by atoms with van der Waals surface area (Å²) in [6.45, 7) is 1.24. The van der Waals surface area contributed by atoms with Gasteiger partial charge in [-0.05, 0) is 0 Å². The fourth-order valence-corrected chi connectivity index (χ4v) is 1.78. The monoisotopic (exact) mass is 302 g/mol. The summed E-state index contributed by atoms with van der Waals surface area (Å²) in [6, 6.07) is 0. The minimum Gasteiger partial charge on any atom is -0.383 e. The molecule has 1 heterocycles. The van der Waals surface area contributed by atoms with Crippen LogP contribution >= 0.6 is 0 Å². The molecule has 21 heavy (non-hydrogen) atoms. The van der Waals surface area contributed by atoms with Crippen LogP contribution < -0.4 is 22.3 Å². The van der Waals surface area contributed by atoms with E-state index in [1.165, 1.54) is 11.7 Å². The minimum atomic E-state index is -0.571. The fraction of sp³-hybridized carbons (Fsp3) is 0.667. The number of hydrogen-bond acceptors (Lipinski definition) is 7. The summed E-state index contributed by atoms with van der Waals surface area (Å²) in [5.74, 6) is 0.0630. The fourth-order valence-electron chi connectivity index (χ4n) is 1.78. The number of anilines is 2. The molecule has 0 fully saturated rings. The van der Waals surface area contributed by atoms with Crippen LogP contribution in [0, 0.1) is 0 Å². The first-order chi connectivity index (χ1) is 10.0. The van der Waals surface area contributed by atoms with Gasteiger partial charge in [0, 0.05) is 27.9 Å². The SMILES string of the molecule is COCCn1c(N)c(NCC(COC)OC)c(=O)[nH]c1=O. The molecule has 0 aromatic carbocycles. The van der Waals surface area contributed by atoms with E-state index in [1.54, 1.807) is 14.2 Å². The van der Waals surface area contributed by atoms with Gasteiger partial charge in [-0.1, -0.05) is 0 Å². The van der Waals surface area contributed by atoms with Crippen molar-refractivity contribution in [1.29, 1.82) is 0 Å². The largest absolute Gasteiger partial charge is 0.383 e. The Morgan fingerprint density at radius 2 is 2.00 bits per heavy atom. The molecular formula is C12H22N4O5. The number of nitrogens with one attached hydrogen (secondary N) is 2. The Kier molecular flexibility index (Phi) is 6.92. The van der Waals surface area contributed by atoms with E-state index >= 15 is 0 Å². The molecule has 1 aromatic heterocycles. The molecule has 1 aromatic rings. The molecule has 0 aliphatic carbocycles. The van der Waals surface area contributed by atoms with Crippen LogP contribution in [0.2, 0.25) is 0 Å². The highest BCUT2D eigenvalue weighted by Gasteiger charge is 2.14. The zero-order chi connectivity index (χ0) is 15.8. The summed E-state index contributed by atoms with van der Waals surface area (Å²) < 4.78 is 16.3. The minimum absolute atomic E-state index is 0.0630. The average Bonchev–Trinajstić information content (AvgIpc) is 2.45. The second-order valence-corrected chi connectivity index (χ2v) is 4.36. The van der Waals surface area contributed by atoms with E-state index in [0.29, 0.717) is 19.8 Å². The average molecular weight is 302 g/mol. The van der Waals surface area contributed by atoms with E-state index in [1.807, 2.05) is 0 Å². The molecule has 120 valence electrons. The maximum atomic E-state index is 11.8. The molecule has 0 saturated heterocycles. The van der Waals surface area contributed by atoms with Crippen LogP contribution in [0.25, 0.3) is 0 Å². The van der Waals surface area contributed by atoms with E-state index in [-0.39, 0.29) is 24.2 Å². The molecule has 0 saturated carbocycles. The van der Waals surface area contributed by atoms with E-state index < -0.39 is 11.2 Å². The lowest BCUT2D eigenvalue weighted by molar-refractivity contribution is 0.0365. The van der Waals surface area contributed by atoms with Gasteiger partial charge in [0.25, 0.3) is 5.56 Å². The van der Waals surface area contributed by atoms with Gasteiger partial charge in [0.15, 0.2) is 0 Å². The van der Waals surface area contributed by atoms with Crippen molar-refractivity contribution >= 4 is 11.5 Å². The summed E-state index contributed by atoms with van der Waals surface area (Å²) in [6.07, 6.45) is -0.242. The van der Waals surface area contributed by atoms with Crippen molar-refractivity contribution in [3.05, 3.63) is 20.8 Å². The van der Waals surface area contributed by atoms with Crippen LogP contribution in [0.5, 0.6) is 0 Å². The third-order valence-corrected chi connectivity index (χ3v) is 2.95. The van der Waals surface area contributed by atoms with Crippen molar-refractivity contribution in [2.45, 2.75) is 12.6 Å². The normalized spacial score (nSPS) is 12.3. The molecule has 0 aliphatic heterocycles. The quantitative estimate of drug-likeness (QED) is 0.526. The van der Waals surface area contributed by atoms with Gasteiger partial charge in [-0.3, -0.25) is 14.3 Å². The molecule has 1 atom stereocenters. The second-order valence-electron chi connectivity index (χ2n) is 4.36. The molecular weight excluding hydrogens is 280 g/mol. The molecule has 4 N–H and O–H groups in total. The first kappa shape index (κ1) is 17.2. The summed E-state index contributed by atoms with van der Waals surface area (Å²) in [5.41, 5.74) is 4.87. The van der Waals surface area contributed by atoms with Crippen LogP contribution in [0.3, 0.4) is 0 Å². The predicted molar refractivity (Wildman–Crippen MR) is 78.8 cm³/mol. The number of methoxy groups -OCH3 is 3. The molecule has 9 heteroatoms. The van der Waals surface area contributed by atoms with Crippen LogP contribution in [0.4, 0.5) is 11.5 Å². The number of nitrogen functional groups attached to an aromatic ring is 1. The molecule has 0 spiro atoms. The Morgan fingerprint density at radius 1 is 1.29 bits per heavy atom. The van der Waals surface area contributed by atoms with Crippen molar-refractivity contribution in [2.75, 3.05) is 52.1 Å². The molecule has 9 nitrogen and oxygen atoms in total. The number of aromatic amines is 1. The van der Waals surface area contributed by atoms with E-state index in [2.05, 4.69) is 10.3 Å². The van der Waals surface area contributed by atoms with Crippen LogP contribution in [0.15, 0.2) is 9.59 Å². The highest BCUT2D eigenvalue weighted by atomic mass is 16.5. The molecule has 0 bridgehead atoms. The number of nitrogens with two attached hydrogens (primary N) is 1. The van der Waals surface area contributed by atoms with Crippen molar-refractivity contribution in [3.63, 3.8) is 0 Å². The highest BCUT2D eigenvalue weighted by molar-refractivity contribution is 5.60. The van der Waals surface area contributed by atoms with Crippen LogP contribution in [-0.2, 0) is 20.8 Å². The van der Waals surface area contributed by atoms with Gasteiger partial charge in [-0.2, -0.15) is 0 Å². The Labute approximate surface area is 122 Å². The lowest BCUT2D eigenvalue weighted by Crippen LogP contribution is -2.36. The van der Waals surface area contributed by atoms with Gasteiger partial charge in [-0.15, -0.1) is 0 Å². The molecule has 0 amide bonds. The van der Waals surface area contributed by atoms with Gasteiger partial charge < -0.3 is 25.3 Å². The summed E-state index contributed by atoms with van der Waals surface area (Å²) >= 11 is 0. The first-order valence-corrected chi connectivity index (χ1v) is 6.42. The van der Waals surface area contributed by atoms with Gasteiger partial charge in [0.1, 0.15) is 11.5 Å². The number of aromatic nitrogens is 2. The summed E-state index contributed by atoms with van der Waals surface area (Å²) in [7, 11) is 4.61. The molecule has 0 radical (unpaired) electrons. The number of ether oxygens (including phenoxy) is 3. The maximum Gasteiger partial charge on any atom is 0.330 e. The Hall–Kier alpha value is -1.84. The van der Waals surface area contributed by atoms with Crippen LogP contribution in [-0.4, -0.2) is 56.7 Å². The number of nitrogens with zero attached hydrogens (tertiary/aromatic N) is 1. The van der Waals surface area contributed by atoms with Gasteiger partial charge in [0.2, 0.25) is 0 Å². The third-order valence-electron chi connectivity index (χ3n) is 2.95. The lowest BCUT2D eigenvalue weighted by atomic mass is 10.3. The first-order valence-electron chi connectivity index (χ1n) is 6.42. The van der Waals surface area contributed by atoms with Crippen molar-refractivity contribution < 1.29 is 14.2 Å². The zero-order valence-corrected chi connectivity index (χ0v) is 12.5. The number of rotatable bonds is 9. The summed E-state index contributed by atoms with van der Waals surface area (Å²) in [5, 5.41) is 2.89. The molecule has 1 rings (SSSR count). The number of hydrogen-bond donors (Lipinski definition) is 3. The van der Waals surface area contributed by atoms with Crippen molar-refractivity contribution in [3.8, 4) is 0 Å². The third kappa shape index (κ3) is 4.59. The topological polar surface area (TPSA) is 121 Å². The van der Waals surface area contributed by atoms with Gasteiger partial charge in [0.05, 0.1) is 25.9 Å². The van der Waals surface area contributed by atoms with E-state index in [9.17, 15) is 9.59 Å². The standard InChI is InChI=1S/C12H22N4O5/c1-19-5-4-16-10(13)9(11(17)15-12(16)18)14-6-8(21-3)7-20-2/h8,14H,4-7,13H2,1-3H3,(H,15,17,18). The molecule has 1 unspecified atom stereocenters. The summed E-state index contributed by atoms with van der Waals surface area (Å²) in [4.78, 5) is 25.8. The predicted octanol–water partition coefficient (Wildman–Crippen LogP) is -1.16. The number of H-pyrrole nitrogens is 1. The lowest BCUT2D eigenvalue weighted by Gasteiger charge is -2.17. The zero-order valence-electron chi connectivity index (χ0n) is 12.5. The van der Waals surface area contributed by atoms with Crippen molar-refractivity contribution in [1.82, 2.24) is 9.55 Å².